The highest BCUT2D eigenvalue weighted by Gasteiger charge is 2.12. The van der Waals surface area contributed by atoms with Gasteiger partial charge in [0.1, 0.15) is 12.4 Å². The van der Waals surface area contributed by atoms with E-state index < -0.39 is 0 Å². The fraction of sp³-hybridized carbons (Fsp3) is 0.500. The third kappa shape index (κ3) is 4.18. The van der Waals surface area contributed by atoms with Gasteiger partial charge in [0, 0.05) is 11.9 Å². The Labute approximate surface area is 126 Å². The molecule has 1 heterocycles. The number of nitrogens with zero attached hydrogens (tertiary/aromatic N) is 1. The van der Waals surface area contributed by atoms with E-state index in [4.69, 9.17) is 4.74 Å². The lowest BCUT2D eigenvalue weighted by atomic mass is 9.89. The molecule has 0 bridgehead atoms. The maximum atomic E-state index is 5.78. The van der Waals surface area contributed by atoms with Crippen LogP contribution in [0, 0.1) is 5.92 Å². The highest BCUT2D eigenvalue weighted by molar-refractivity contribution is 5.79. The van der Waals surface area contributed by atoms with Gasteiger partial charge < -0.3 is 10.1 Å². The van der Waals surface area contributed by atoms with E-state index in [1.807, 2.05) is 24.4 Å². The molecule has 1 aliphatic rings. The van der Waals surface area contributed by atoms with Crippen molar-refractivity contribution in [2.75, 3.05) is 19.7 Å². The summed E-state index contributed by atoms with van der Waals surface area (Å²) in [5.74, 6) is 1.73. The maximum absolute atomic E-state index is 5.78. The molecule has 0 radical (unpaired) electrons. The molecule has 1 N–H and O–H groups in total. The number of aromatic nitrogens is 1. The lowest BCUT2D eigenvalue weighted by Gasteiger charge is -2.21. The molecule has 1 saturated carbocycles. The Morgan fingerprint density at radius 1 is 1.14 bits per heavy atom. The molecule has 1 aromatic heterocycles. The van der Waals surface area contributed by atoms with Crippen molar-refractivity contribution < 1.29 is 4.74 Å². The van der Waals surface area contributed by atoms with Gasteiger partial charge in [-0.05, 0) is 37.4 Å². The van der Waals surface area contributed by atoms with Gasteiger partial charge in [0.05, 0.1) is 11.7 Å². The molecule has 0 amide bonds. The number of benzene rings is 1. The van der Waals surface area contributed by atoms with E-state index in [-0.39, 0.29) is 0 Å². The van der Waals surface area contributed by atoms with Crippen molar-refractivity contribution in [2.45, 2.75) is 32.1 Å². The summed E-state index contributed by atoms with van der Waals surface area (Å²) in [7, 11) is 0. The summed E-state index contributed by atoms with van der Waals surface area (Å²) >= 11 is 0. The third-order valence-electron chi connectivity index (χ3n) is 4.27. The van der Waals surface area contributed by atoms with Crippen LogP contribution in [0.4, 0.5) is 0 Å². The first kappa shape index (κ1) is 14.3. The molecule has 1 aromatic carbocycles. The van der Waals surface area contributed by atoms with Gasteiger partial charge in [0.2, 0.25) is 0 Å². The molecular formula is C18H24N2O. The van der Waals surface area contributed by atoms with Gasteiger partial charge in [-0.1, -0.05) is 37.5 Å². The third-order valence-corrected chi connectivity index (χ3v) is 4.27. The Kier molecular flexibility index (Phi) is 5.06. The Morgan fingerprint density at radius 2 is 2.00 bits per heavy atom. The van der Waals surface area contributed by atoms with Gasteiger partial charge in [0.25, 0.3) is 0 Å². The van der Waals surface area contributed by atoms with Crippen molar-refractivity contribution in [2.24, 2.45) is 5.92 Å². The minimum absolute atomic E-state index is 0.701. The second-order valence-corrected chi connectivity index (χ2v) is 5.92. The second-order valence-electron chi connectivity index (χ2n) is 5.92. The van der Waals surface area contributed by atoms with Crippen LogP contribution in [0.25, 0.3) is 10.9 Å². The zero-order valence-electron chi connectivity index (χ0n) is 12.6. The van der Waals surface area contributed by atoms with Crippen LogP contribution in [0.15, 0.2) is 36.5 Å². The van der Waals surface area contributed by atoms with Crippen LogP contribution < -0.4 is 10.1 Å². The zero-order valence-corrected chi connectivity index (χ0v) is 12.6. The van der Waals surface area contributed by atoms with E-state index in [1.165, 1.54) is 32.1 Å². The molecular weight excluding hydrogens is 260 g/mol. The number of para-hydroxylation sites is 1. The molecule has 1 aliphatic carbocycles. The van der Waals surface area contributed by atoms with Crippen molar-refractivity contribution in [1.82, 2.24) is 10.3 Å². The SMILES string of the molecule is c1ccc2ncc(OCCNCC3CCCCC3)cc2c1. The predicted octanol–water partition coefficient (Wildman–Crippen LogP) is 3.78. The molecule has 0 saturated heterocycles. The van der Waals surface area contributed by atoms with Gasteiger partial charge in [-0.15, -0.1) is 0 Å². The van der Waals surface area contributed by atoms with E-state index in [0.29, 0.717) is 6.61 Å². The molecule has 0 aliphatic heterocycles. The first-order chi connectivity index (χ1) is 10.4. The second kappa shape index (κ2) is 7.41. The fourth-order valence-corrected chi connectivity index (χ4v) is 3.07. The van der Waals surface area contributed by atoms with Crippen LogP contribution in [0.3, 0.4) is 0 Å². The number of nitrogens with one attached hydrogen (secondary N) is 1. The van der Waals surface area contributed by atoms with Gasteiger partial charge in [-0.2, -0.15) is 0 Å². The summed E-state index contributed by atoms with van der Waals surface area (Å²) in [6.45, 7) is 2.75. The predicted molar refractivity (Wildman–Crippen MR) is 86.7 cm³/mol. The Bertz CT molecular complexity index is 564. The Balaban J connectivity index is 1.39. The number of pyridine rings is 1. The number of ether oxygens (including phenoxy) is 1. The van der Waals surface area contributed by atoms with Gasteiger partial charge >= 0.3 is 0 Å². The topological polar surface area (TPSA) is 34.1 Å². The first-order valence-corrected chi connectivity index (χ1v) is 8.10. The number of hydrogen-bond donors (Lipinski definition) is 1. The summed E-state index contributed by atoms with van der Waals surface area (Å²) < 4.78 is 5.78. The molecule has 0 unspecified atom stereocenters. The Hall–Kier alpha value is -1.61. The molecule has 2 aromatic rings. The monoisotopic (exact) mass is 284 g/mol. The van der Waals surface area contributed by atoms with Crippen LogP contribution in [0.2, 0.25) is 0 Å². The summed E-state index contributed by atoms with van der Waals surface area (Å²) in [6, 6.07) is 10.2. The van der Waals surface area contributed by atoms with Gasteiger partial charge in [-0.3, -0.25) is 4.98 Å². The molecule has 21 heavy (non-hydrogen) atoms. The molecule has 112 valence electrons. The van der Waals surface area contributed by atoms with Gasteiger partial charge in [-0.25, -0.2) is 0 Å². The maximum Gasteiger partial charge on any atom is 0.138 e. The Morgan fingerprint density at radius 3 is 2.90 bits per heavy atom. The fourth-order valence-electron chi connectivity index (χ4n) is 3.07. The average molecular weight is 284 g/mol. The van der Waals surface area contributed by atoms with E-state index in [2.05, 4.69) is 22.4 Å². The highest BCUT2D eigenvalue weighted by Crippen LogP contribution is 2.22. The lowest BCUT2D eigenvalue weighted by Crippen LogP contribution is -2.28. The van der Waals surface area contributed by atoms with E-state index in [1.54, 1.807) is 0 Å². The smallest absolute Gasteiger partial charge is 0.138 e. The van der Waals surface area contributed by atoms with Crippen molar-refractivity contribution in [1.29, 1.82) is 0 Å². The van der Waals surface area contributed by atoms with E-state index >= 15 is 0 Å². The highest BCUT2D eigenvalue weighted by atomic mass is 16.5. The van der Waals surface area contributed by atoms with Crippen LogP contribution in [0.1, 0.15) is 32.1 Å². The molecule has 0 atom stereocenters. The van der Waals surface area contributed by atoms with E-state index in [9.17, 15) is 0 Å². The van der Waals surface area contributed by atoms with Crippen molar-refractivity contribution in [3.8, 4) is 5.75 Å². The largest absolute Gasteiger partial charge is 0.491 e. The quantitative estimate of drug-likeness (QED) is 0.820. The molecule has 3 heteroatoms. The standard InChI is InChI=1S/C18H24N2O/c1-2-6-15(7-3-1)13-19-10-11-21-17-12-16-8-4-5-9-18(16)20-14-17/h4-5,8-9,12,14-15,19H,1-3,6-7,10-11,13H2. The number of fused-ring (bicyclic) bond motifs is 1. The summed E-state index contributed by atoms with van der Waals surface area (Å²) in [5.41, 5.74) is 1.01. The van der Waals surface area contributed by atoms with Gasteiger partial charge in [0.15, 0.2) is 0 Å². The first-order valence-electron chi connectivity index (χ1n) is 8.10. The van der Waals surface area contributed by atoms with Crippen LogP contribution in [0.5, 0.6) is 5.75 Å². The number of hydrogen-bond acceptors (Lipinski definition) is 3. The zero-order chi connectivity index (χ0) is 14.3. The molecule has 3 rings (SSSR count). The van der Waals surface area contributed by atoms with Crippen LogP contribution >= 0.6 is 0 Å². The summed E-state index contributed by atoms with van der Waals surface area (Å²) in [5, 5.41) is 4.65. The minimum Gasteiger partial charge on any atom is -0.491 e. The van der Waals surface area contributed by atoms with Crippen LogP contribution in [-0.4, -0.2) is 24.7 Å². The number of rotatable bonds is 6. The molecule has 1 fully saturated rings. The van der Waals surface area contributed by atoms with Crippen molar-refractivity contribution in [3.05, 3.63) is 36.5 Å². The molecule has 0 spiro atoms. The van der Waals surface area contributed by atoms with Crippen molar-refractivity contribution in [3.63, 3.8) is 0 Å². The summed E-state index contributed by atoms with van der Waals surface area (Å²) in [4.78, 5) is 4.41. The normalized spacial score (nSPS) is 16.2. The summed E-state index contributed by atoms with van der Waals surface area (Å²) in [6.07, 6.45) is 8.83. The van der Waals surface area contributed by atoms with E-state index in [0.717, 1.165) is 35.7 Å². The minimum atomic E-state index is 0.701. The van der Waals surface area contributed by atoms with Crippen molar-refractivity contribution >= 4 is 10.9 Å². The average Bonchev–Trinajstić information content (AvgIpc) is 2.55. The van der Waals surface area contributed by atoms with Crippen LogP contribution in [-0.2, 0) is 0 Å². The lowest BCUT2D eigenvalue weighted by molar-refractivity contribution is 0.294. The molecule has 3 nitrogen and oxygen atoms in total.